The molecule has 4 aliphatic carbocycles. The zero-order valence-corrected chi connectivity index (χ0v) is 20.6. The summed E-state index contributed by atoms with van der Waals surface area (Å²) in [6.07, 6.45) is 10.5. The molecule has 1 aromatic heterocycles. The Morgan fingerprint density at radius 2 is 1.97 bits per heavy atom. The summed E-state index contributed by atoms with van der Waals surface area (Å²) in [6.45, 7) is 2.27. The topological polar surface area (TPSA) is 81.2 Å². The van der Waals surface area contributed by atoms with Crippen molar-refractivity contribution < 1.29 is 14.6 Å². The number of aromatic nitrogens is 2. The second kappa shape index (κ2) is 8.58. The largest absolute Gasteiger partial charge is 0.393 e. The molecule has 0 aliphatic heterocycles. The summed E-state index contributed by atoms with van der Waals surface area (Å²) in [6, 6.07) is 6.41. The number of rotatable bonds is 1. The van der Waals surface area contributed by atoms with Crippen molar-refractivity contribution in [3.63, 3.8) is 0 Å². The maximum atomic E-state index is 16.0. The van der Waals surface area contributed by atoms with E-state index < -0.39 is 17.4 Å². The van der Waals surface area contributed by atoms with Gasteiger partial charge in [0.15, 0.2) is 0 Å². The molecule has 5 unspecified atom stereocenters. The molecule has 4 aliphatic rings. The fraction of sp³-hybridized carbons (Fsp3) is 0.607. The Balaban J connectivity index is 0.000000764. The molecule has 2 aromatic rings. The highest BCUT2D eigenvalue weighted by molar-refractivity contribution is 5.84. The number of aliphatic hydroxyl groups is 2. The molecule has 2 saturated carbocycles. The highest BCUT2D eigenvalue weighted by Crippen LogP contribution is 2.63. The number of H-pyrrole nitrogens is 1. The fourth-order valence-electron chi connectivity index (χ4n) is 7.38. The highest BCUT2D eigenvalue weighted by Gasteiger charge is 2.59. The first-order valence-corrected chi connectivity index (χ1v) is 12.7. The predicted molar refractivity (Wildman–Crippen MR) is 134 cm³/mol. The van der Waals surface area contributed by atoms with Gasteiger partial charge >= 0.3 is 0 Å². The standard InChI is InChI=1S/C26H31FN2O2.C2H7N/c1-24-10-8-19-13-25(27)14-20(30)5-4-18(25)9-11-26(19,31)23(24)7-6-21(24)16-2-3-17-15-28-29-22(17)12-16;1-3-2/h2-3,6,8,12,15,18,20,23,30-31H,4-5,7,9-11,13-14H2,1H3,(H,28,29);3H,1-2H3/t18?,20?,23?,24?,25?,26-;/m1./s1. The van der Waals surface area contributed by atoms with E-state index in [4.69, 9.17) is 0 Å². The predicted octanol–water partition coefficient (Wildman–Crippen LogP) is 4.92. The van der Waals surface area contributed by atoms with Crippen LogP contribution in [0.4, 0.5) is 4.39 Å². The zero-order valence-electron chi connectivity index (χ0n) is 20.6. The number of hydrogen-bond acceptors (Lipinski definition) is 4. The van der Waals surface area contributed by atoms with Crippen LogP contribution in [-0.4, -0.2) is 51.9 Å². The quantitative estimate of drug-likeness (QED) is 0.449. The summed E-state index contributed by atoms with van der Waals surface area (Å²) in [5, 5.41) is 33.3. The highest BCUT2D eigenvalue weighted by atomic mass is 19.1. The average molecular weight is 468 g/mol. The Bertz CT molecular complexity index is 1130. The molecule has 2 fully saturated rings. The van der Waals surface area contributed by atoms with Crippen LogP contribution < -0.4 is 5.32 Å². The molecule has 4 N–H and O–H groups in total. The van der Waals surface area contributed by atoms with Crippen molar-refractivity contribution in [1.82, 2.24) is 15.5 Å². The van der Waals surface area contributed by atoms with Crippen LogP contribution in [-0.2, 0) is 0 Å². The van der Waals surface area contributed by atoms with E-state index in [0.717, 1.165) is 35.7 Å². The van der Waals surface area contributed by atoms with Crippen LogP contribution in [0.25, 0.3) is 16.5 Å². The molecule has 0 amide bonds. The molecule has 5 nitrogen and oxygen atoms in total. The number of allylic oxidation sites excluding steroid dienone is 3. The monoisotopic (exact) mass is 467 g/mol. The second-order valence-corrected chi connectivity index (χ2v) is 11.2. The minimum Gasteiger partial charge on any atom is -0.393 e. The summed E-state index contributed by atoms with van der Waals surface area (Å²) < 4.78 is 16.0. The first kappa shape index (κ1) is 23.7. The molecule has 0 bridgehead atoms. The molecular weight excluding hydrogens is 429 g/mol. The van der Waals surface area contributed by atoms with Crippen molar-refractivity contribution in [2.45, 2.75) is 75.7 Å². The maximum absolute atomic E-state index is 16.0. The lowest BCUT2D eigenvalue weighted by atomic mass is 9.58. The van der Waals surface area contributed by atoms with Gasteiger partial charge in [0.05, 0.1) is 23.4 Å². The third-order valence-electron chi connectivity index (χ3n) is 9.11. The molecule has 34 heavy (non-hydrogen) atoms. The molecule has 6 atom stereocenters. The number of halogens is 1. The molecule has 6 rings (SSSR count). The normalized spacial score (nSPS) is 39.1. The van der Waals surface area contributed by atoms with E-state index >= 15 is 4.39 Å². The minimum atomic E-state index is -1.39. The Morgan fingerprint density at radius 3 is 2.76 bits per heavy atom. The molecule has 1 aromatic carbocycles. The average Bonchev–Trinajstić information content (AvgIpc) is 3.37. The van der Waals surface area contributed by atoms with E-state index in [0.29, 0.717) is 19.3 Å². The van der Waals surface area contributed by atoms with E-state index in [2.05, 4.69) is 52.8 Å². The summed E-state index contributed by atoms with van der Waals surface area (Å²) in [4.78, 5) is 0. The van der Waals surface area contributed by atoms with E-state index in [1.54, 1.807) is 0 Å². The lowest BCUT2D eigenvalue weighted by Crippen LogP contribution is -2.49. The molecule has 184 valence electrons. The van der Waals surface area contributed by atoms with Crippen molar-refractivity contribution in [1.29, 1.82) is 0 Å². The molecule has 0 spiro atoms. The summed E-state index contributed by atoms with van der Waals surface area (Å²) in [7, 11) is 3.75. The minimum absolute atomic E-state index is 0.0566. The van der Waals surface area contributed by atoms with Gasteiger partial charge in [-0.2, -0.15) is 5.10 Å². The van der Waals surface area contributed by atoms with Gasteiger partial charge in [0.2, 0.25) is 0 Å². The third kappa shape index (κ3) is 3.66. The van der Waals surface area contributed by atoms with Gasteiger partial charge in [-0.3, -0.25) is 5.10 Å². The van der Waals surface area contributed by atoms with Crippen LogP contribution in [0.15, 0.2) is 42.1 Å². The van der Waals surface area contributed by atoms with E-state index in [-0.39, 0.29) is 30.1 Å². The van der Waals surface area contributed by atoms with Crippen LogP contribution in [0.5, 0.6) is 0 Å². The number of nitrogens with one attached hydrogen (secondary N) is 2. The number of nitrogens with zero attached hydrogens (tertiary/aromatic N) is 1. The molecule has 0 saturated heterocycles. The van der Waals surface area contributed by atoms with Crippen molar-refractivity contribution in [3.8, 4) is 0 Å². The van der Waals surface area contributed by atoms with Crippen LogP contribution in [0.1, 0.15) is 63.9 Å². The molecule has 6 heteroatoms. The zero-order chi connectivity index (χ0) is 24.1. The molecule has 0 radical (unpaired) electrons. The van der Waals surface area contributed by atoms with Gasteiger partial charge in [-0.15, -0.1) is 0 Å². The summed E-state index contributed by atoms with van der Waals surface area (Å²) >= 11 is 0. The number of benzene rings is 1. The van der Waals surface area contributed by atoms with Gasteiger partial charge in [-0.1, -0.05) is 31.2 Å². The number of aromatic amines is 1. The summed E-state index contributed by atoms with van der Waals surface area (Å²) in [5.74, 6) is -0.00422. The van der Waals surface area contributed by atoms with Crippen molar-refractivity contribution in [2.75, 3.05) is 14.1 Å². The number of alkyl halides is 1. The van der Waals surface area contributed by atoms with Crippen molar-refractivity contribution in [2.24, 2.45) is 17.3 Å². The van der Waals surface area contributed by atoms with Gasteiger partial charge in [0, 0.05) is 29.6 Å². The molecule has 1 heterocycles. The van der Waals surface area contributed by atoms with Crippen LogP contribution >= 0.6 is 0 Å². The Hall–Kier alpha value is -2.02. The number of aliphatic hydroxyl groups excluding tert-OH is 1. The second-order valence-electron chi connectivity index (χ2n) is 11.2. The Kier molecular flexibility index (Phi) is 5.98. The molecular formula is C28H38FN3O2. The van der Waals surface area contributed by atoms with Crippen LogP contribution in [0, 0.1) is 17.3 Å². The van der Waals surface area contributed by atoms with Crippen LogP contribution in [0.2, 0.25) is 0 Å². The van der Waals surface area contributed by atoms with Crippen LogP contribution in [0.3, 0.4) is 0 Å². The van der Waals surface area contributed by atoms with Gasteiger partial charge in [0.25, 0.3) is 0 Å². The number of fused-ring (bicyclic) bond motifs is 5. The van der Waals surface area contributed by atoms with Gasteiger partial charge in [0.1, 0.15) is 5.67 Å². The Morgan fingerprint density at radius 1 is 1.18 bits per heavy atom. The van der Waals surface area contributed by atoms with E-state index in [1.165, 1.54) is 11.1 Å². The first-order valence-electron chi connectivity index (χ1n) is 12.7. The summed E-state index contributed by atoms with van der Waals surface area (Å²) in [5.41, 5.74) is 1.83. The number of hydrogen-bond donors (Lipinski definition) is 4. The van der Waals surface area contributed by atoms with Crippen molar-refractivity contribution >= 4 is 16.5 Å². The maximum Gasteiger partial charge on any atom is 0.120 e. The smallest absolute Gasteiger partial charge is 0.120 e. The van der Waals surface area contributed by atoms with Gasteiger partial charge in [-0.05, 0) is 81.3 Å². The van der Waals surface area contributed by atoms with Gasteiger partial charge < -0.3 is 15.5 Å². The lowest BCUT2D eigenvalue weighted by molar-refractivity contribution is -0.0359. The van der Waals surface area contributed by atoms with Crippen molar-refractivity contribution in [3.05, 3.63) is 47.7 Å². The third-order valence-corrected chi connectivity index (χ3v) is 9.11. The Labute approximate surface area is 201 Å². The SMILES string of the molecule is CC12CC=C3CC4(F)CC(O)CCC4CC[C@]3(O)C1CC=C2c1ccc2cn[nH]c2c1.CNC. The fourth-order valence-corrected chi connectivity index (χ4v) is 7.38. The van der Waals surface area contributed by atoms with Gasteiger partial charge in [-0.25, -0.2) is 4.39 Å². The van der Waals surface area contributed by atoms with E-state index in [9.17, 15) is 10.2 Å². The lowest BCUT2D eigenvalue weighted by Gasteiger charge is -2.49. The van der Waals surface area contributed by atoms with E-state index in [1.807, 2.05) is 20.3 Å². The first-order chi connectivity index (χ1) is 16.2.